The van der Waals surface area contributed by atoms with Crippen LogP contribution in [0.5, 0.6) is 0 Å². The highest BCUT2D eigenvalue weighted by Gasteiger charge is 2.33. The second-order valence-corrected chi connectivity index (χ2v) is 5.00. The summed E-state index contributed by atoms with van der Waals surface area (Å²) in [4.78, 5) is 23.0. The molecule has 1 unspecified atom stereocenters. The Hall–Kier alpha value is -1.78. The third-order valence-corrected chi connectivity index (χ3v) is 2.49. The summed E-state index contributed by atoms with van der Waals surface area (Å²) >= 11 is 0. The third-order valence-electron chi connectivity index (χ3n) is 2.49. The predicted molar refractivity (Wildman–Crippen MR) is 61.8 cm³/mol. The number of carbonyl (C=O) groups is 2. The first kappa shape index (κ1) is 13.3. The van der Waals surface area contributed by atoms with Crippen LogP contribution < -0.4 is 5.32 Å². The number of aliphatic carboxylic acids is 1. The van der Waals surface area contributed by atoms with Crippen molar-refractivity contribution in [3.8, 4) is 0 Å². The van der Waals surface area contributed by atoms with Crippen molar-refractivity contribution in [3.05, 3.63) is 23.7 Å². The van der Waals surface area contributed by atoms with Gasteiger partial charge in [0.15, 0.2) is 0 Å². The second kappa shape index (κ2) is 4.61. The van der Waals surface area contributed by atoms with E-state index in [0.29, 0.717) is 11.3 Å². The molecular formula is C12H17NO4. The minimum atomic E-state index is -1.05. The van der Waals surface area contributed by atoms with E-state index in [2.05, 4.69) is 5.32 Å². The van der Waals surface area contributed by atoms with E-state index < -0.39 is 23.3 Å². The number of amides is 1. The Morgan fingerprint density at radius 1 is 1.41 bits per heavy atom. The van der Waals surface area contributed by atoms with E-state index in [1.807, 2.05) is 0 Å². The highest BCUT2D eigenvalue weighted by atomic mass is 16.4. The van der Waals surface area contributed by atoms with E-state index in [1.54, 1.807) is 27.7 Å². The standard InChI is InChI=1S/C12H17NO4/c1-7-8(5-6-17-7)10(14)13-9(11(15)16)12(2,3)4/h5-6,9H,1-4H3,(H,13,14)(H,15,16). The van der Waals surface area contributed by atoms with Gasteiger partial charge in [-0.1, -0.05) is 20.8 Å². The molecule has 0 aliphatic carbocycles. The van der Waals surface area contributed by atoms with E-state index >= 15 is 0 Å². The summed E-state index contributed by atoms with van der Waals surface area (Å²) in [6, 6.07) is 0.580. The van der Waals surface area contributed by atoms with Crippen LogP contribution in [-0.2, 0) is 4.79 Å². The predicted octanol–water partition coefficient (Wildman–Crippen LogP) is 1.82. The topological polar surface area (TPSA) is 79.5 Å². The highest BCUT2D eigenvalue weighted by molar-refractivity contribution is 5.97. The average molecular weight is 239 g/mol. The molecule has 1 aromatic rings. The van der Waals surface area contributed by atoms with Gasteiger partial charge in [0.05, 0.1) is 11.8 Å². The Morgan fingerprint density at radius 3 is 2.35 bits per heavy atom. The van der Waals surface area contributed by atoms with Gasteiger partial charge in [-0.3, -0.25) is 4.79 Å². The molecule has 94 valence electrons. The number of carboxylic acids is 1. The molecule has 0 aromatic carbocycles. The normalized spacial score (nSPS) is 13.2. The van der Waals surface area contributed by atoms with Crippen molar-refractivity contribution >= 4 is 11.9 Å². The van der Waals surface area contributed by atoms with Gasteiger partial charge >= 0.3 is 5.97 Å². The number of hydrogen-bond acceptors (Lipinski definition) is 3. The van der Waals surface area contributed by atoms with Crippen molar-refractivity contribution in [3.63, 3.8) is 0 Å². The number of carbonyl (C=O) groups excluding carboxylic acids is 1. The van der Waals surface area contributed by atoms with Gasteiger partial charge in [-0.2, -0.15) is 0 Å². The summed E-state index contributed by atoms with van der Waals surface area (Å²) in [5, 5.41) is 11.6. The molecule has 0 radical (unpaired) electrons. The first-order chi connectivity index (χ1) is 7.73. The highest BCUT2D eigenvalue weighted by Crippen LogP contribution is 2.20. The molecule has 0 spiro atoms. The fourth-order valence-corrected chi connectivity index (χ4v) is 1.48. The summed E-state index contributed by atoms with van der Waals surface area (Å²) in [6.07, 6.45) is 1.40. The molecule has 0 aliphatic heterocycles. The minimum Gasteiger partial charge on any atom is -0.480 e. The maximum absolute atomic E-state index is 11.9. The Balaban J connectivity index is 2.86. The van der Waals surface area contributed by atoms with Crippen molar-refractivity contribution in [1.29, 1.82) is 0 Å². The van der Waals surface area contributed by atoms with E-state index in [0.717, 1.165) is 0 Å². The Bertz CT molecular complexity index is 428. The SMILES string of the molecule is Cc1occc1C(=O)NC(C(=O)O)C(C)(C)C. The number of aryl methyl sites for hydroxylation is 1. The van der Waals surface area contributed by atoms with Gasteiger partial charge in [-0.05, 0) is 18.4 Å². The summed E-state index contributed by atoms with van der Waals surface area (Å²) < 4.78 is 5.01. The molecule has 0 aliphatic rings. The maximum atomic E-state index is 11.9. The summed E-state index contributed by atoms with van der Waals surface area (Å²) in [5.41, 5.74) is -0.195. The lowest BCUT2D eigenvalue weighted by Crippen LogP contribution is -2.49. The Labute approximate surface area is 99.8 Å². The molecule has 1 aromatic heterocycles. The Morgan fingerprint density at radius 2 is 2.00 bits per heavy atom. The summed E-state index contributed by atoms with van der Waals surface area (Å²) in [7, 11) is 0. The molecule has 5 nitrogen and oxygen atoms in total. The van der Waals surface area contributed by atoms with Crippen LogP contribution >= 0.6 is 0 Å². The fourth-order valence-electron chi connectivity index (χ4n) is 1.48. The number of furan rings is 1. The second-order valence-electron chi connectivity index (χ2n) is 5.00. The smallest absolute Gasteiger partial charge is 0.326 e. The summed E-state index contributed by atoms with van der Waals surface area (Å²) in [6.45, 7) is 6.93. The largest absolute Gasteiger partial charge is 0.480 e. The van der Waals surface area contributed by atoms with E-state index in [9.17, 15) is 9.59 Å². The number of rotatable bonds is 3. The van der Waals surface area contributed by atoms with Crippen LogP contribution in [0.1, 0.15) is 36.9 Å². The van der Waals surface area contributed by atoms with Gasteiger partial charge in [0.1, 0.15) is 11.8 Å². The quantitative estimate of drug-likeness (QED) is 0.843. The van der Waals surface area contributed by atoms with Gasteiger partial charge in [0.25, 0.3) is 5.91 Å². The maximum Gasteiger partial charge on any atom is 0.326 e. The summed E-state index contributed by atoms with van der Waals surface area (Å²) in [5.74, 6) is -1.01. The van der Waals surface area contributed by atoms with Crippen molar-refractivity contribution < 1.29 is 19.1 Å². The molecule has 17 heavy (non-hydrogen) atoms. The molecule has 5 heteroatoms. The molecule has 1 atom stereocenters. The van der Waals surface area contributed by atoms with Crippen LogP contribution in [0.4, 0.5) is 0 Å². The first-order valence-corrected chi connectivity index (χ1v) is 5.31. The number of carboxylic acid groups (broad SMARTS) is 1. The number of nitrogens with one attached hydrogen (secondary N) is 1. The van der Waals surface area contributed by atoms with Crippen LogP contribution in [0.15, 0.2) is 16.7 Å². The van der Waals surface area contributed by atoms with Crippen LogP contribution in [0, 0.1) is 12.3 Å². The van der Waals surface area contributed by atoms with Gasteiger partial charge in [-0.15, -0.1) is 0 Å². The lowest BCUT2D eigenvalue weighted by molar-refractivity contribution is -0.142. The zero-order chi connectivity index (χ0) is 13.2. The zero-order valence-electron chi connectivity index (χ0n) is 10.4. The molecule has 1 rings (SSSR count). The van der Waals surface area contributed by atoms with Crippen molar-refractivity contribution in [2.75, 3.05) is 0 Å². The van der Waals surface area contributed by atoms with Gasteiger partial charge in [0.2, 0.25) is 0 Å². The van der Waals surface area contributed by atoms with E-state index in [1.165, 1.54) is 12.3 Å². The number of hydrogen-bond donors (Lipinski definition) is 2. The first-order valence-electron chi connectivity index (χ1n) is 5.31. The van der Waals surface area contributed by atoms with E-state index in [4.69, 9.17) is 9.52 Å². The average Bonchev–Trinajstić information content (AvgIpc) is 2.58. The molecule has 0 saturated heterocycles. The minimum absolute atomic E-state index is 0.362. The van der Waals surface area contributed by atoms with Gasteiger partial charge < -0.3 is 14.8 Å². The molecule has 1 amide bonds. The van der Waals surface area contributed by atoms with E-state index in [-0.39, 0.29) is 0 Å². The van der Waals surface area contributed by atoms with Gasteiger partial charge in [-0.25, -0.2) is 4.79 Å². The van der Waals surface area contributed by atoms with Gasteiger partial charge in [0, 0.05) is 0 Å². The zero-order valence-corrected chi connectivity index (χ0v) is 10.4. The molecule has 0 bridgehead atoms. The lowest BCUT2D eigenvalue weighted by atomic mass is 9.86. The van der Waals surface area contributed by atoms with Crippen molar-refractivity contribution in [1.82, 2.24) is 5.32 Å². The van der Waals surface area contributed by atoms with Crippen LogP contribution in [0.2, 0.25) is 0 Å². The van der Waals surface area contributed by atoms with Crippen molar-refractivity contribution in [2.45, 2.75) is 33.7 Å². The molecule has 0 saturated carbocycles. The molecule has 0 fully saturated rings. The third kappa shape index (κ3) is 3.09. The Kier molecular flexibility index (Phi) is 3.60. The monoisotopic (exact) mass is 239 g/mol. The molecule has 2 N–H and O–H groups in total. The lowest BCUT2D eigenvalue weighted by Gasteiger charge is -2.27. The fraction of sp³-hybridized carbons (Fsp3) is 0.500. The van der Waals surface area contributed by atoms with Crippen molar-refractivity contribution in [2.24, 2.45) is 5.41 Å². The van der Waals surface area contributed by atoms with Crippen LogP contribution in [0.3, 0.4) is 0 Å². The van der Waals surface area contributed by atoms with Crippen LogP contribution in [0.25, 0.3) is 0 Å². The molecular weight excluding hydrogens is 222 g/mol. The van der Waals surface area contributed by atoms with Crippen LogP contribution in [-0.4, -0.2) is 23.0 Å². The molecule has 1 heterocycles.